The quantitative estimate of drug-likeness (QED) is 0.460. The van der Waals surface area contributed by atoms with Gasteiger partial charge in [0.05, 0.1) is 0 Å². The summed E-state index contributed by atoms with van der Waals surface area (Å²) in [5, 5.41) is 0. The third kappa shape index (κ3) is 3.74. The fraction of sp³-hybridized carbons (Fsp3) is 0.417. The van der Waals surface area contributed by atoms with Gasteiger partial charge in [0.2, 0.25) is 0 Å². The van der Waals surface area contributed by atoms with Gasteiger partial charge in [0, 0.05) is 5.92 Å². The third-order valence-corrected chi connectivity index (χ3v) is 2.61. The molecule has 1 aromatic carbocycles. The number of halogens is 1. The van der Waals surface area contributed by atoms with E-state index < -0.39 is 11.7 Å². The summed E-state index contributed by atoms with van der Waals surface area (Å²) in [7, 11) is 0. The lowest BCUT2D eigenvalue weighted by Crippen LogP contribution is -2.20. The molecule has 0 saturated carbocycles. The van der Waals surface area contributed by atoms with Crippen molar-refractivity contribution in [1.82, 2.24) is 0 Å². The summed E-state index contributed by atoms with van der Waals surface area (Å²) >= 11 is 5.79. The Kier molecular flexibility index (Phi) is 4.62. The van der Waals surface area contributed by atoms with Crippen LogP contribution in [0.4, 0.5) is 4.79 Å². The number of hydrogen-bond donors (Lipinski definition) is 0. The monoisotopic (exact) mass is 242 g/mol. The van der Waals surface area contributed by atoms with Gasteiger partial charge in [-0.2, -0.15) is 0 Å². The Morgan fingerprint density at radius 3 is 2.50 bits per heavy atom. The van der Waals surface area contributed by atoms with Gasteiger partial charge in [-0.3, -0.25) is 0 Å². The first-order valence-electron chi connectivity index (χ1n) is 5.09. The minimum absolute atomic E-state index is 0.0473. The van der Waals surface area contributed by atoms with Gasteiger partial charge in [-0.25, -0.2) is 4.79 Å². The molecule has 0 bridgehead atoms. The molecule has 0 aromatic heterocycles. The first kappa shape index (κ1) is 12.8. The topological polar surface area (TPSA) is 35.5 Å². The van der Waals surface area contributed by atoms with Crippen LogP contribution in [-0.2, 0) is 4.74 Å². The second-order valence-corrected chi connectivity index (χ2v) is 4.26. The van der Waals surface area contributed by atoms with Crippen molar-refractivity contribution in [3.63, 3.8) is 0 Å². The Bertz CT molecular complexity index is 363. The van der Waals surface area contributed by atoms with Gasteiger partial charge in [0.25, 0.3) is 0 Å². The van der Waals surface area contributed by atoms with Crippen molar-refractivity contribution in [3.8, 4) is 5.75 Å². The predicted molar refractivity (Wildman–Crippen MR) is 62.8 cm³/mol. The van der Waals surface area contributed by atoms with Crippen LogP contribution in [0.25, 0.3) is 0 Å². The fourth-order valence-electron chi connectivity index (χ4n) is 1.01. The molecular formula is C12H15ClO3. The smallest absolute Gasteiger partial charge is 0.414 e. The number of aryl methyl sites for hydroxylation is 1. The van der Waals surface area contributed by atoms with Crippen molar-refractivity contribution in [2.24, 2.45) is 5.92 Å². The lowest BCUT2D eigenvalue weighted by Gasteiger charge is -2.14. The number of carbonyl (C=O) groups is 1. The Labute approximate surface area is 100 Å². The molecule has 0 aliphatic rings. The Morgan fingerprint density at radius 1 is 1.31 bits per heavy atom. The molecule has 4 heteroatoms. The van der Waals surface area contributed by atoms with Gasteiger partial charge >= 0.3 is 6.16 Å². The predicted octanol–water partition coefficient (Wildman–Crippen LogP) is 3.73. The van der Waals surface area contributed by atoms with Crippen LogP contribution < -0.4 is 4.74 Å². The molecule has 16 heavy (non-hydrogen) atoms. The molecule has 0 saturated heterocycles. The molecule has 3 nitrogen and oxygen atoms in total. The second kappa shape index (κ2) is 5.75. The van der Waals surface area contributed by atoms with E-state index in [1.54, 1.807) is 12.1 Å². The molecule has 0 aliphatic carbocycles. The molecule has 1 aromatic rings. The average Bonchev–Trinajstić information content (AvgIpc) is 2.21. The van der Waals surface area contributed by atoms with E-state index >= 15 is 0 Å². The van der Waals surface area contributed by atoms with Crippen LogP contribution in [0.5, 0.6) is 5.75 Å². The van der Waals surface area contributed by atoms with Crippen molar-refractivity contribution in [1.29, 1.82) is 0 Å². The van der Waals surface area contributed by atoms with Gasteiger partial charge in [0.1, 0.15) is 5.75 Å². The summed E-state index contributed by atoms with van der Waals surface area (Å²) in [6.07, 6.45) is -0.775. The molecule has 0 aliphatic heterocycles. The highest BCUT2D eigenvalue weighted by molar-refractivity contribution is 6.20. The van der Waals surface area contributed by atoms with Gasteiger partial charge < -0.3 is 9.47 Å². The first-order valence-corrected chi connectivity index (χ1v) is 5.52. The number of para-hydroxylation sites is 1. The average molecular weight is 243 g/mol. The van der Waals surface area contributed by atoms with Gasteiger partial charge in [-0.15, -0.1) is 0 Å². The van der Waals surface area contributed by atoms with Crippen molar-refractivity contribution >= 4 is 17.8 Å². The van der Waals surface area contributed by atoms with Crippen LogP contribution in [0.15, 0.2) is 24.3 Å². The summed E-state index contributed by atoms with van der Waals surface area (Å²) in [5.41, 5.74) is 0.201. The number of hydrogen-bond acceptors (Lipinski definition) is 3. The minimum Gasteiger partial charge on any atom is -0.414 e. The molecule has 88 valence electrons. The van der Waals surface area contributed by atoms with E-state index in [4.69, 9.17) is 21.1 Å². The van der Waals surface area contributed by atoms with Crippen LogP contribution in [0, 0.1) is 12.8 Å². The fourth-order valence-corrected chi connectivity index (χ4v) is 1.09. The molecule has 0 radical (unpaired) electrons. The molecule has 0 fully saturated rings. The minimum atomic E-state index is -0.775. The van der Waals surface area contributed by atoms with E-state index in [2.05, 4.69) is 0 Å². The number of ether oxygens (including phenoxy) is 2. The summed E-state index contributed by atoms with van der Waals surface area (Å²) in [5.74, 6) is 0.534. The lowest BCUT2D eigenvalue weighted by molar-refractivity contribution is 0.0723. The van der Waals surface area contributed by atoms with Crippen LogP contribution in [0.2, 0.25) is 0 Å². The van der Waals surface area contributed by atoms with Crippen molar-refractivity contribution in [2.75, 3.05) is 0 Å². The highest BCUT2D eigenvalue weighted by atomic mass is 35.5. The Morgan fingerprint density at radius 2 is 1.94 bits per heavy atom. The number of benzene rings is 1. The van der Waals surface area contributed by atoms with Crippen LogP contribution >= 0.6 is 11.6 Å². The maximum absolute atomic E-state index is 11.4. The van der Waals surface area contributed by atoms with E-state index in [1.807, 2.05) is 32.9 Å². The zero-order valence-electron chi connectivity index (χ0n) is 9.57. The molecular weight excluding hydrogens is 228 g/mol. The molecule has 1 unspecified atom stereocenters. The highest BCUT2D eigenvalue weighted by Crippen LogP contribution is 2.18. The second-order valence-electron chi connectivity index (χ2n) is 3.83. The molecule has 0 N–H and O–H groups in total. The standard InChI is InChI=1S/C12H15ClO3/c1-8(2)11(13)16-12(14)15-10-7-5-4-6-9(10)3/h4-8,11H,1-3H3. The molecule has 0 heterocycles. The van der Waals surface area contributed by atoms with Crippen LogP contribution in [-0.4, -0.2) is 11.7 Å². The SMILES string of the molecule is Cc1ccccc1OC(=O)OC(Cl)C(C)C. The van der Waals surface area contributed by atoms with Gasteiger partial charge in [0.15, 0.2) is 5.56 Å². The molecule has 0 spiro atoms. The van der Waals surface area contributed by atoms with E-state index in [1.165, 1.54) is 0 Å². The number of carbonyl (C=O) groups excluding carboxylic acids is 1. The summed E-state index contributed by atoms with van der Waals surface area (Å²) in [6, 6.07) is 7.21. The first-order chi connectivity index (χ1) is 7.50. The summed E-state index contributed by atoms with van der Waals surface area (Å²) in [4.78, 5) is 11.4. The third-order valence-electron chi connectivity index (χ3n) is 2.02. The Balaban J connectivity index is 2.55. The highest BCUT2D eigenvalue weighted by Gasteiger charge is 2.17. The zero-order valence-corrected chi connectivity index (χ0v) is 10.3. The van der Waals surface area contributed by atoms with Crippen molar-refractivity contribution < 1.29 is 14.3 Å². The van der Waals surface area contributed by atoms with E-state index in [0.717, 1.165) is 5.56 Å². The van der Waals surface area contributed by atoms with E-state index in [0.29, 0.717) is 5.75 Å². The molecule has 1 atom stereocenters. The summed E-state index contributed by atoms with van der Waals surface area (Å²) < 4.78 is 9.90. The molecule has 0 amide bonds. The largest absolute Gasteiger partial charge is 0.515 e. The maximum Gasteiger partial charge on any atom is 0.515 e. The van der Waals surface area contributed by atoms with Crippen molar-refractivity contribution in [3.05, 3.63) is 29.8 Å². The van der Waals surface area contributed by atoms with Crippen LogP contribution in [0.1, 0.15) is 19.4 Å². The van der Waals surface area contributed by atoms with E-state index in [-0.39, 0.29) is 5.92 Å². The normalized spacial score (nSPS) is 12.3. The van der Waals surface area contributed by atoms with Crippen LogP contribution in [0.3, 0.4) is 0 Å². The number of alkyl halides is 1. The molecule has 1 rings (SSSR count). The summed E-state index contributed by atoms with van der Waals surface area (Å²) in [6.45, 7) is 5.57. The maximum atomic E-state index is 11.4. The van der Waals surface area contributed by atoms with Gasteiger partial charge in [-0.1, -0.05) is 43.6 Å². The van der Waals surface area contributed by atoms with Crippen molar-refractivity contribution in [2.45, 2.75) is 26.3 Å². The zero-order chi connectivity index (χ0) is 12.1. The lowest BCUT2D eigenvalue weighted by atomic mass is 10.2. The number of rotatable bonds is 3. The van der Waals surface area contributed by atoms with E-state index in [9.17, 15) is 4.79 Å². The van der Waals surface area contributed by atoms with Gasteiger partial charge in [-0.05, 0) is 18.6 Å². The Hall–Kier alpha value is -1.22.